The van der Waals surface area contributed by atoms with Gasteiger partial charge in [-0.1, -0.05) is 12.1 Å². The van der Waals surface area contributed by atoms with E-state index in [4.69, 9.17) is 16.3 Å². The highest BCUT2D eigenvalue weighted by molar-refractivity contribution is 6.18. The van der Waals surface area contributed by atoms with Gasteiger partial charge in [0.2, 0.25) is 0 Å². The average molecular weight is 271 g/mol. The molecule has 1 aromatic rings. The van der Waals surface area contributed by atoms with E-state index in [0.29, 0.717) is 17.9 Å². The van der Waals surface area contributed by atoms with Crippen LogP contribution < -0.4 is 0 Å². The first-order chi connectivity index (χ1) is 8.78. The number of ether oxygens (including phenoxy) is 1. The molecule has 100 valence electrons. The summed E-state index contributed by atoms with van der Waals surface area (Å²) in [5, 5.41) is 0. The molecule has 0 spiro atoms. The molecule has 2 rings (SSSR count). The molecule has 1 fully saturated rings. The van der Waals surface area contributed by atoms with Crippen LogP contribution in [0.3, 0.4) is 0 Å². The maximum atomic E-state index is 12.8. The highest BCUT2D eigenvalue weighted by Gasteiger charge is 2.17. The van der Waals surface area contributed by atoms with Crippen LogP contribution in [0.2, 0.25) is 0 Å². The van der Waals surface area contributed by atoms with E-state index in [9.17, 15) is 4.39 Å². The van der Waals surface area contributed by atoms with Crippen LogP contribution in [-0.4, -0.2) is 18.6 Å². The van der Waals surface area contributed by atoms with E-state index in [2.05, 4.69) is 0 Å². The van der Waals surface area contributed by atoms with Crippen LogP contribution >= 0.6 is 11.6 Å². The summed E-state index contributed by atoms with van der Waals surface area (Å²) >= 11 is 6.02. The van der Waals surface area contributed by atoms with Crippen LogP contribution in [0.15, 0.2) is 24.3 Å². The molecule has 2 unspecified atom stereocenters. The lowest BCUT2D eigenvalue weighted by molar-refractivity contribution is 0.0988. The summed E-state index contributed by atoms with van der Waals surface area (Å²) in [7, 11) is 0. The second-order valence-electron chi connectivity index (χ2n) is 5.06. The first kappa shape index (κ1) is 13.8. The molecule has 3 heteroatoms. The minimum Gasteiger partial charge on any atom is -0.378 e. The summed E-state index contributed by atoms with van der Waals surface area (Å²) in [5.41, 5.74) is 1.16. The zero-order valence-corrected chi connectivity index (χ0v) is 11.3. The molecule has 0 bridgehead atoms. The second kappa shape index (κ2) is 7.10. The molecule has 0 radical (unpaired) electrons. The van der Waals surface area contributed by atoms with Gasteiger partial charge in [0.1, 0.15) is 5.82 Å². The van der Waals surface area contributed by atoms with Gasteiger partial charge in [-0.15, -0.1) is 11.6 Å². The van der Waals surface area contributed by atoms with Crippen molar-refractivity contribution in [1.82, 2.24) is 0 Å². The summed E-state index contributed by atoms with van der Waals surface area (Å²) in [5.74, 6) is 0.936. The summed E-state index contributed by atoms with van der Waals surface area (Å²) in [6.07, 6.45) is 5.92. The number of benzene rings is 1. The van der Waals surface area contributed by atoms with E-state index in [1.165, 1.54) is 25.0 Å². The van der Waals surface area contributed by atoms with E-state index < -0.39 is 0 Å². The molecule has 0 amide bonds. The number of halogens is 2. The first-order valence-electron chi connectivity index (χ1n) is 6.70. The van der Waals surface area contributed by atoms with Crippen molar-refractivity contribution in [3.8, 4) is 0 Å². The zero-order chi connectivity index (χ0) is 12.8. The summed E-state index contributed by atoms with van der Waals surface area (Å²) in [6, 6.07) is 6.73. The smallest absolute Gasteiger partial charge is 0.123 e. The minimum absolute atomic E-state index is 0.180. The number of rotatable bonds is 6. The van der Waals surface area contributed by atoms with Gasteiger partial charge in [-0.3, -0.25) is 0 Å². The summed E-state index contributed by atoms with van der Waals surface area (Å²) in [6.45, 7) is 0.911. The standard InChI is InChI=1S/C15H20ClFO/c16-11-13(5-8-15-2-1-9-18-15)10-12-3-6-14(17)7-4-12/h3-4,6-7,13,15H,1-2,5,8-11H2. The molecule has 0 aromatic heterocycles. The van der Waals surface area contributed by atoms with Gasteiger partial charge in [0.25, 0.3) is 0 Å². The van der Waals surface area contributed by atoms with Crippen LogP contribution in [0, 0.1) is 11.7 Å². The van der Waals surface area contributed by atoms with Gasteiger partial charge in [-0.2, -0.15) is 0 Å². The predicted molar refractivity (Wildman–Crippen MR) is 72.5 cm³/mol. The Morgan fingerprint density at radius 1 is 1.33 bits per heavy atom. The molecule has 1 saturated heterocycles. The molecule has 1 heterocycles. The number of hydrogen-bond donors (Lipinski definition) is 0. The van der Waals surface area contributed by atoms with Crippen LogP contribution in [0.25, 0.3) is 0 Å². The van der Waals surface area contributed by atoms with Gasteiger partial charge in [0.05, 0.1) is 6.10 Å². The maximum Gasteiger partial charge on any atom is 0.123 e. The van der Waals surface area contributed by atoms with Crippen LogP contribution in [0.5, 0.6) is 0 Å². The zero-order valence-electron chi connectivity index (χ0n) is 10.6. The fourth-order valence-electron chi connectivity index (χ4n) is 2.48. The van der Waals surface area contributed by atoms with Crippen molar-refractivity contribution < 1.29 is 9.13 Å². The third-order valence-electron chi connectivity index (χ3n) is 3.58. The first-order valence-corrected chi connectivity index (χ1v) is 7.23. The Labute approximate surface area is 113 Å². The Kier molecular flexibility index (Phi) is 5.45. The fraction of sp³-hybridized carbons (Fsp3) is 0.600. The molecule has 1 nitrogen and oxygen atoms in total. The molecule has 2 atom stereocenters. The minimum atomic E-state index is -0.180. The van der Waals surface area contributed by atoms with Crippen molar-refractivity contribution in [3.05, 3.63) is 35.6 Å². The fourth-order valence-corrected chi connectivity index (χ4v) is 2.74. The van der Waals surface area contributed by atoms with Gasteiger partial charge in [0, 0.05) is 12.5 Å². The van der Waals surface area contributed by atoms with Crippen molar-refractivity contribution in [1.29, 1.82) is 0 Å². The van der Waals surface area contributed by atoms with Gasteiger partial charge in [-0.05, 0) is 55.7 Å². The van der Waals surface area contributed by atoms with Crippen molar-refractivity contribution in [2.24, 2.45) is 5.92 Å². The van der Waals surface area contributed by atoms with Crippen LogP contribution in [0.4, 0.5) is 4.39 Å². The third-order valence-corrected chi connectivity index (χ3v) is 4.01. The van der Waals surface area contributed by atoms with Gasteiger partial charge >= 0.3 is 0 Å². The van der Waals surface area contributed by atoms with Crippen molar-refractivity contribution in [3.63, 3.8) is 0 Å². The quantitative estimate of drug-likeness (QED) is 0.705. The normalized spacial score (nSPS) is 21.1. The molecule has 0 saturated carbocycles. The Morgan fingerprint density at radius 3 is 2.72 bits per heavy atom. The van der Waals surface area contributed by atoms with E-state index >= 15 is 0 Å². The van der Waals surface area contributed by atoms with Gasteiger partial charge in [-0.25, -0.2) is 4.39 Å². The Balaban J connectivity index is 1.79. The lowest BCUT2D eigenvalue weighted by Gasteiger charge is -2.16. The molecule has 1 aliphatic heterocycles. The van der Waals surface area contributed by atoms with E-state index in [0.717, 1.165) is 31.4 Å². The molecule has 1 aromatic carbocycles. The Morgan fingerprint density at radius 2 is 2.11 bits per heavy atom. The number of hydrogen-bond acceptors (Lipinski definition) is 1. The number of alkyl halides is 1. The second-order valence-corrected chi connectivity index (χ2v) is 5.37. The largest absolute Gasteiger partial charge is 0.378 e. The van der Waals surface area contributed by atoms with E-state index in [1.807, 2.05) is 12.1 Å². The van der Waals surface area contributed by atoms with E-state index in [1.54, 1.807) is 0 Å². The summed E-state index contributed by atoms with van der Waals surface area (Å²) < 4.78 is 18.4. The van der Waals surface area contributed by atoms with Crippen molar-refractivity contribution >= 4 is 11.6 Å². The molecule has 0 aliphatic carbocycles. The predicted octanol–water partition coefficient (Wildman–Crippen LogP) is 4.18. The SMILES string of the molecule is Fc1ccc(CC(CCl)CCC2CCCO2)cc1. The van der Waals surface area contributed by atoms with Crippen molar-refractivity contribution in [2.45, 2.75) is 38.2 Å². The Hall–Kier alpha value is -0.600. The topological polar surface area (TPSA) is 9.23 Å². The van der Waals surface area contributed by atoms with Gasteiger partial charge in [0.15, 0.2) is 0 Å². The van der Waals surface area contributed by atoms with Gasteiger partial charge < -0.3 is 4.74 Å². The lowest BCUT2D eigenvalue weighted by atomic mass is 9.94. The van der Waals surface area contributed by atoms with Crippen LogP contribution in [0.1, 0.15) is 31.2 Å². The third kappa shape index (κ3) is 4.25. The molecule has 18 heavy (non-hydrogen) atoms. The monoisotopic (exact) mass is 270 g/mol. The summed E-state index contributed by atoms with van der Waals surface area (Å²) in [4.78, 5) is 0. The van der Waals surface area contributed by atoms with Crippen molar-refractivity contribution in [2.75, 3.05) is 12.5 Å². The van der Waals surface area contributed by atoms with E-state index in [-0.39, 0.29) is 5.82 Å². The average Bonchev–Trinajstić information content (AvgIpc) is 2.90. The molecule has 0 N–H and O–H groups in total. The molecule has 1 aliphatic rings. The highest BCUT2D eigenvalue weighted by Crippen LogP contribution is 2.22. The highest BCUT2D eigenvalue weighted by atomic mass is 35.5. The van der Waals surface area contributed by atoms with Crippen LogP contribution in [-0.2, 0) is 11.2 Å². The Bertz CT molecular complexity index is 346. The molecular weight excluding hydrogens is 251 g/mol. The lowest BCUT2D eigenvalue weighted by Crippen LogP contribution is -2.12. The molecular formula is C15H20ClFO. The maximum absolute atomic E-state index is 12.8.